The number of carboxylic acids is 1. The Hall–Kier alpha value is -0.940. The molecule has 5 heteroatoms. The first kappa shape index (κ1) is 15.4. The van der Waals surface area contributed by atoms with Crippen LogP contribution in [-0.2, 0) is 4.79 Å². The van der Waals surface area contributed by atoms with E-state index in [2.05, 4.69) is 20.8 Å². The molecular weight excluding hydrogens is 325 g/mol. The maximum absolute atomic E-state index is 14.1. The second-order valence-corrected chi connectivity index (χ2v) is 7.21. The van der Waals surface area contributed by atoms with Crippen molar-refractivity contribution in [2.24, 2.45) is 5.92 Å². The molecule has 0 amide bonds. The molecule has 1 aliphatic heterocycles. The Balaban J connectivity index is 2.35. The molecule has 1 aromatic carbocycles. The van der Waals surface area contributed by atoms with Crippen molar-refractivity contribution in [2.75, 3.05) is 13.1 Å². The standard InChI is InChI=1S/C15H19BrFNO2/c1-15(2,3)18-7-11(12(8-18)14(19)20)10-5-4-9(16)6-13(10)17/h4-6,11-12H,7-8H2,1-3H3,(H,19,20). The fraction of sp³-hybridized carbons (Fsp3) is 0.533. The molecule has 0 bridgehead atoms. The lowest BCUT2D eigenvalue weighted by Crippen LogP contribution is -2.40. The summed E-state index contributed by atoms with van der Waals surface area (Å²) in [4.78, 5) is 13.6. The molecule has 2 atom stereocenters. The topological polar surface area (TPSA) is 40.5 Å². The van der Waals surface area contributed by atoms with E-state index in [0.717, 1.165) is 0 Å². The van der Waals surface area contributed by atoms with Gasteiger partial charge in [-0.3, -0.25) is 9.69 Å². The molecule has 0 spiro atoms. The number of halogens is 2. The summed E-state index contributed by atoms with van der Waals surface area (Å²) in [6.07, 6.45) is 0. The van der Waals surface area contributed by atoms with Gasteiger partial charge in [0, 0.05) is 29.0 Å². The highest BCUT2D eigenvalue weighted by atomic mass is 79.9. The third-order valence-corrected chi connectivity index (χ3v) is 4.44. The molecule has 1 N–H and O–H groups in total. The van der Waals surface area contributed by atoms with Gasteiger partial charge in [-0.15, -0.1) is 0 Å². The van der Waals surface area contributed by atoms with E-state index in [4.69, 9.17) is 0 Å². The normalized spacial score (nSPS) is 24.1. The number of nitrogens with zero attached hydrogens (tertiary/aromatic N) is 1. The summed E-state index contributed by atoms with van der Waals surface area (Å²) in [6, 6.07) is 4.84. The number of carbonyl (C=O) groups is 1. The Labute approximate surface area is 126 Å². The molecule has 1 heterocycles. The minimum Gasteiger partial charge on any atom is -0.481 e. The van der Waals surface area contributed by atoms with Crippen LogP contribution in [0.1, 0.15) is 32.3 Å². The number of carboxylic acid groups (broad SMARTS) is 1. The van der Waals surface area contributed by atoms with Crippen molar-refractivity contribution in [3.63, 3.8) is 0 Å². The molecular formula is C15H19BrFNO2. The summed E-state index contributed by atoms with van der Waals surface area (Å²) in [7, 11) is 0. The van der Waals surface area contributed by atoms with E-state index in [0.29, 0.717) is 23.1 Å². The average molecular weight is 344 g/mol. The lowest BCUT2D eigenvalue weighted by molar-refractivity contribution is -0.141. The second kappa shape index (κ2) is 5.45. The maximum atomic E-state index is 14.1. The number of likely N-dealkylation sites (tertiary alicyclic amines) is 1. The van der Waals surface area contributed by atoms with Crippen LogP contribution >= 0.6 is 15.9 Å². The summed E-state index contributed by atoms with van der Waals surface area (Å²) in [6.45, 7) is 7.17. The van der Waals surface area contributed by atoms with Gasteiger partial charge in [-0.2, -0.15) is 0 Å². The zero-order valence-corrected chi connectivity index (χ0v) is 13.4. The van der Waals surface area contributed by atoms with Crippen LogP contribution in [-0.4, -0.2) is 34.6 Å². The molecule has 2 unspecified atom stereocenters. The van der Waals surface area contributed by atoms with Gasteiger partial charge < -0.3 is 5.11 Å². The predicted octanol–water partition coefficient (Wildman–Crippen LogP) is 3.49. The molecule has 0 saturated carbocycles. The molecule has 20 heavy (non-hydrogen) atoms. The van der Waals surface area contributed by atoms with Crippen LogP contribution < -0.4 is 0 Å². The molecule has 0 aliphatic carbocycles. The Bertz CT molecular complexity index is 527. The van der Waals surface area contributed by atoms with Crippen molar-refractivity contribution in [1.29, 1.82) is 0 Å². The quantitative estimate of drug-likeness (QED) is 0.893. The van der Waals surface area contributed by atoms with Crippen LogP contribution in [0.2, 0.25) is 0 Å². The summed E-state index contributed by atoms with van der Waals surface area (Å²) < 4.78 is 14.8. The summed E-state index contributed by atoms with van der Waals surface area (Å²) in [5, 5.41) is 9.42. The van der Waals surface area contributed by atoms with Gasteiger partial charge in [0.2, 0.25) is 0 Å². The maximum Gasteiger partial charge on any atom is 0.308 e. The van der Waals surface area contributed by atoms with Crippen molar-refractivity contribution in [2.45, 2.75) is 32.2 Å². The van der Waals surface area contributed by atoms with Crippen molar-refractivity contribution in [3.8, 4) is 0 Å². The number of hydrogen-bond acceptors (Lipinski definition) is 2. The van der Waals surface area contributed by atoms with Gasteiger partial charge in [0.25, 0.3) is 0 Å². The van der Waals surface area contributed by atoms with E-state index in [9.17, 15) is 14.3 Å². The van der Waals surface area contributed by atoms with E-state index < -0.39 is 11.9 Å². The molecule has 0 aromatic heterocycles. The Kier molecular flexibility index (Phi) is 4.21. The molecule has 110 valence electrons. The van der Waals surface area contributed by atoms with E-state index >= 15 is 0 Å². The highest BCUT2D eigenvalue weighted by Gasteiger charge is 2.42. The molecule has 2 rings (SSSR count). The fourth-order valence-corrected chi connectivity index (χ4v) is 3.05. The smallest absolute Gasteiger partial charge is 0.308 e. The Morgan fingerprint density at radius 2 is 2.05 bits per heavy atom. The largest absolute Gasteiger partial charge is 0.481 e. The van der Waals surface area contributed by atoms with E-state index in [-0.39, 0.29) is 17.3 Å². The molecule has 3 nitrogen and oxygen atoms in total. The third kappa shape index (κ3) is 3.04. The van der Waals surface area contributed by atoms with Gasteiger partial charge in [0.05, 0.1) is 5.92 Å². The van der Waals surface area contributed by atoms with E-state index in [1.165, 1.54) is 6.07 Å². The Morgan fingerprint density at radius 3 is 2.55 bits per heavy atom. The van der Waals surface area contributed by atoms with Gasteiger partial charge >= 0.3 is 5.97 Å². The summed E-state index contributed by atoms with van der Waals surface area (Å²) in [5.41, 5.74) is 0.376. The number of benzene rings is 1. The van der Waals surface area contributed by atoms with Crippen molar-refractivity contribution < 1.29 is 14.3 Å². The van der Waals surface area contributed by atoms with Crippen LogP contribution in [0, 0.1) is 11.7 Å². The fourth-order valence-electron chi connectivity index (χ4n) is 2.72. The lowest BCUT2D eigenvalue weighted by Gasteiger charge is -2.31. The SMILES string of the molecule is CC(C)(C)N1CC(C(=O)O)C(c2ccc(Br)cc2F)C1. The molecule has 1 aromatic rings. The second-order valence-electron chi connectivity index (χ2n) is 6.29. The van der Waals surface area contributed by atoms with Crippen LogP contribution in [0.3, 0.4) is 0 Å². The lowest BCUT2D eigenvalue weighted by atomic mass is 9.89. The highest BCUT2D eigenvalue weighted by molar-refractivity contribution is 9.10. The zero-order valence-electron chi connectivity index (χ0n) is 11.9. The average Bonchev–Trinajstić information content (AvgIpc) is 2.73. The monoisotopic (exact) mass is 343 g/mol. The Morgan fingerprint density at radius 1 is 1.40 bits per heavy atom. The van der Waals surface area contributed by atoms with Crippen LogP contribution in [0.25, 0.3) is 0 Å². The van der Waals surface area contributed by atoms with Crippen LogP contribution in [0.4, 0.5) is 4.39 Å². The highest BCUT2D eigenvalue weighted by Crippen LogP contribution is 2.37. The molecule has 1 fully saturated rings. The predicted molar refractivity (Wildman–Crippen MR) is 79.3 cm³/mol. The van der Waals surface area contributed by atoms with Crippen molar-refractivity contribution >= 4 is 21.9 Å². The number of aliphatic carboxylic acids is 1. The first-order valence-corrected chi connectivity index (χ1v) is 7.42. The number of rotatable bonds is 2. The van der Waals surface area contributed by atoms with Crippen LogP contribution in [0.5, 0.6) is 0 Å². The van der Waals surface area contributed by atoms with Crippen molar-refractivity contribution in [1.82, 2.24) is 4.90 Å². The molecule has 1 saturated heterocycles. The van der Waals surface area contributed by atoms with Gasteiger partial charge in [-0.05, 0) is 38.5 Å². The first-order valence-electron chi connectivity index (χ1n) is 6.63. The zero-order chi connectivity index (χ0) is 15.1. The number of hydrogen-bond donors (Lipinski definition) is 1. The van der Waals surface area contributed by atoms with Gasteiger partial charge in [-0.25, -0.2) is 4.39 Å². The van der Waals surface area contributed by atoms with E-state index in [1.54, 1.807) is 12.1 Å². The van der Waals surface area contributed by atoms with Crippen LogP contribution in [0.15, 0.2) is 22.7 Å². The van der Waals surface area contributed by atoms with Gasteiger partial charge in [-0.1, -0.05) is 22.0 Å². The van der Waals surface area contributed by atoms with Gasteiger partial charge in [0.1, 0.15) is 5.82 Å². The van der Waals surface area contributed by atoms with E-state index in [1.807, 2.05) is 20.8 Å². The first-order chi connectivity index (χ1) is 9.20. The molecule has 0 radical (unpaired) electrons. The minimum absolute atomic E-state index is 0.117. The van der Waals surface area contributed by atoms with Crippen molar-refractivity contribution in [3.05, 3.63) is 34.1 Å². The summed E-state index contributed by atoms with van der Waals surface area (Å²) >= 11 is 3.23. The minimum atomic E-state index is -0.857. The third-order valence-electron chi connectivity index (χ3n) is 3.95. The van der Waals surface area contributed by atoms with Gasteiger partial charge in [0.15, 0.2) is 0 Å². The molecule has 1 aliphatic rings. The summed E-state index contributed by atoms with van der Waals surface area (Å²) in [5.74, 6) is -2.07.